The molecule has 35 heavy (non-hydrogen) atoms. The fourth-order valence-electron chi connectivity index (χ4n) is 5.27. The van der Waals surface area contributed by atoms with E-state index in [0.29, 0.717) is 11.8 Å². The van der Waals surface area contributed by atoms with Gasteiger partial charge in [-0.05, 0) is 87.7 Å². The van der Waals surface area contributed by atoms with Crippen molar-refractivity contribution in [2.75, 3.05) is 13.1 Å². The van der Waals surface area contributed by atoms with Gasteiger partial charge in [-0.1, -0.05) is 31.2 Å². The fraction of sp³-hybridized carbons (Fsp3) is 0.517. The predicted molar refractivity (Wildman–Crippen MR) is 137 cm³/mol. The van der Waals surface area contributed by atoms with Gasteiger partial charge in [-0.2, -0.15) is 0 Å². The Morgan fingerprint density at radius 2 is 1.80 bits per heavy atom. The molecule has 0 N–H and O–H groups in total. The van der Waals surface area contributed by atoms with Crippen LogP contribution < -0.4 is 0 Å². The molecule has 3 aromatic rings. The zero-order chi connectivity index (χ0) is 25.0. The number of pyridine rings is 1. The van der Waals surface area contributed by atoms with Crippen LogP contribution in [-0.4, -0.2) is 32.5 Å². The van der Waals surface area contributed by atoms with Crippen molar-refractivity contribution in [3.05, 3.63) is 71.2 Å². The second-order valence-electron chi connectivity index (χ2n) is 10.3. The van der Waals surface area contributed by atoms with Gasteiger partial charge in [-0.25, -0.2) is 13.8 Å². The first-order valence-corrected chi connectivity index (χ1v) is 12.9. The summed E-state index contributed by atoms with van der Waals surface area (Å²) < 4.78 is 29.3. The lowest BCUT2D eigenvalue weighted by Crippen LogP contribution is -2.24. The molecule has 0 amide bonds. The lowest BCUT2D eigenvalue weighted by atomic mass is 9.85. The zero-order valence-electron chi connectivity index (χ0n) is 21.5. The molecule has 2 atom stereocenters. The molecule has 0 saturated carbocycles. The monoisotopic (exact) mass is 480 g/mol. The molecule has 0 aliphatic carbocycles. The van der Waals surface area contributed by atoms with Gasteiger partial charge < -0.3 is 4.57 Å². The van der Waals surface area contributed by atoms with E-state index in [1.807, 2.05) is 30.6 Å². The van der Waals surface area contributed by atoms with Crippen LogP contribution in [0.4, 0.5) is 8.78 Å². The highest BCUT2D eigenvalue weighted by Crippen LogP contribution is 2.30. The molecule has 0 spiro atoms. The topological polar surface area (TPSA) is 34.0 Å². The first kappa shape index (κ1) is 25.5. The summed E-state index contributed by atoms with van der Waals surface area (Å²) in [5.41, 5.74) is 4.60. The van der Waals surface area contributed by atoms with Crippen LogP contribution >= 0.6 is 0 Å². The third kappa shape index (κ3) is 6.35. The first-order valence-electron chi connectivity index (χ1n) is 12.9. The van der Waals surface area contributed by atoms with Gasteiger partial charge in [0.25, 0.3) is 5.92 Å². The van der Waals surface area contributed by atoms with Gasteiger partial charge in [-0.15, -0.1) is 0 Å². The molecule has 6 heteroatoms. The Labute approximate surface area is 208 Å². The van der Waals surface area contributed by atoms with Crippen LogP contribution in [0.1, 0.15) is 62.4 Å². The van der Waals surface area contributed by atoms with Crippen LogP contribution in [0.15, 0.2) is 48.8 Å². The van der Waals surface area contributed by atoms with Crippen LogP contribution in [0.3, 0.4) is 0 Å². The van der Waals surface area contributed by atoms with E-state index in [1.165, 1.54) is 24.1 Å². The summed E-state index contributed by atoms with van der Waals surface area (Å²) in [5, 5.41) is 0. The number of likely N-dealkylation sites (tertiary alicyclic amines) is 1. The van der Waals surface area contributed by atoms with E-state index in [2.05, 4.69) is 41.3 Å². The predicted octanol–water partition coefficient (Wildman–Crippen LogP) is 6.87. The minimum atomic E-state index is -2.78. The van der Waals surface area contributed by atoms with E-state index in [-0.39, 0.29) is 5.56 Å². The van der Waals surface area contributed by atoms with Crippen molar-refractivity contribution in [3.8, 4) is 11.5 Å². The van der Waals surface area contributed by atoms with Crippen molar-refractivity contribution < 1.29 is 8.78 Å². The highest BCUT2D eigenvalue weighted by Gasteiger charge is 2.25. The third-order valence-electron chi connectivity index (χ3n) is 7.56. The van der Waals surface area contributed by atoms with E-state index < -0.39 is 5.92 Å². The average Bonchev–Trinajstić information content (AvgIpc) is 3.16. The normalized spacial score (nSPS) is 19.6. The summed E-state index contributed by atoms with van der Waals surface area (Å²) in [7, 11) is 0. The second-order valence-corrected chi connectivity index (χ2v) is 10.3. The molecule has 2 aromatic heterocycles. The van der Waals surface area contributed by atoms with Crippen molar-refractivity contribution in [1.82, 2.24) is 19.4 Å². The molecule has 4 rings (SSSR count). The first-order chi connectivity index (χ1) is 16.7. The zero-order valence-corrected chi connectivity index (χ0v) is 21.5. The lowest BCUT2D eigenvalue weighted by Gasteiger charge is -2.21. The minimum Gasteiger partial charge on any atom is -0.327 e. The highest BCUT2D eigenvalue weighted by molar-refractivity contribution is 5.51. The summed E-state index contributed by atoms with van der Waals surface area (Å²) in [6.45, 7) is 11.4. The van der Waals surface area contributed by atoms with Gasteiger partial charge in [0, 0.05) is 43.7 Å². The number of aromatic nitrogens is 3. The van der Waals surface area contributed by atoms with Gasteiger partial charge in [0.1, 0.15) is 5.69 Å². The van der Waals surface area contributed by atoms with Crippen LogP contribution in [0.25, 0.3) is 11.5 Å². The molecule has 0 bridgehead atoms. The van der Waals surface area contributed by atoms with Crippen molar-refractivity contribution >= 4 is 0 Å². The Bertz CT molecular complexity index is 1100. The van der Waals surface area contributed by atoms with Gasteiger partial charge in [0.2, 0.25) is 0 Å². The summed E-state index contributed by atoms with van der Waals surface area (Å²) in [5.74, 6) is -0.494. The average molecular weight is 481 g/mol. The number of hydrogen-bond donors (Lipinski definition) is 0. The van der Waals surface area contributed by atoms with E-state index >= 15 is 0 Å². The highest BCUT2D eigenvalue weighted by atomic mass is 19.3. The van der Waals surface area contributed by atoms with Crippen LogP contribution in [-0.2, 0) is 25.4 Å². The van der Waals surface area contributed by atoms with Crippen LogP contribution in [0.5, 0.6) is 0 Å². The second kappa shape index (κ2) is 11.0. The number of nitrogens with zero attached hydrogens (tertiary/aromatic N) is 4. The number of aryl methyl sites for hydroxylation is 2. The maximum atomic E-state index is 13.5. The number of benzene rings is 1. The quantitative estimate of drug-likeness (QED) is 0.353. The fourth-order valence-corrected chi connectivity index (χ4v) is 5.27. The molecule has 0 radical (unpaired) electrons. The largest absolute Gasteiger partial charge is 0.327 e. The Hall–Kier alpha value is -2.60. The molecular formula is C29H38F2N4. The van der Waals surface area contributed by atoms with Crippen molar-refractivity contribution in [2.24, 2.45) is 11.8 Å². The summed E-state index contributed by atoms with van der Waals surface area (Å²) in [6.07, 6.45) is 8.39. The van der Waals surface area contributed by atoms with Gasteiger partial charge in [0.15, 0.2) is 5.82 Å². The number of halogens is 2. The molecule has 1 aliphatic rings. The number of alkyl halides is 2. The standard InChI is InChI=1S/C29H38F2N4/c1-5-35-26(19-33-28(35)27-18-21(2)12-15-32-27)11-8-24-14-17-34(16-13-22(24)3)20-23-6-9-25(10-7-23)29(4,30)31/h6-7,9-10,12,15,18-19,22,24H,5,8,11,13-14,16-17,20H2,1-4H3. The maximum Gasteiger partial charge on any atom is 0.270 e. The maximum absolute atomic E-state index is 13.5. The number of rotatable bonds is 8. The summed E-state index contributed by atoms with van der Waals surface area (Å²) in [4.78, 5) is 11.7. The molecule has 1 fully saturated rings. The Morgan fingerprint density at radius 3 is 2.49 bits per heavy atom. The molecule has 1 aromatic carbocycles. The number of imidazole rings is 1. The van der Waals surface area contributed by atoms with E-state index in [9.17, 15) is 8.78 Å². The molecule has 188 valence electrons. The third-order valence-corrected chi connectivity index (χ3v) is 7.56. The van der Waals surface area contributed by atoms with E-state index in [4.69, 9.17) is 4.98 Å². The molecular weight excluding hydrogens is 442 g/mol. The Kier molecular flexibility index (Phi) is 8.00. The molecule has 3 heterocycles. The Morgan fingerprint density at radius 1 is 1.06 bits per heavy atom. The smallest absolute Gasteiger partial charge is 0.270 e. The molecule has 2 unspecified atom stereocenters. The van der Waals surface area contributed by atoms with Gasteiger partial charge in [-0.3, -0.25) is 9.88 Å². The lowest BCUT2D eigenvalue weighted by molar-refractivity contribution is 0.0174. The molecule has 1 saturated heterocycles. The van der Waals surface area contributed by atoms with E-state index in [1.54, 1.807) is 12.1 Å². The van der Waals surface area contributed by atoms with Gasteiger partial charge >= 0.3 is 0 Å². The molecule has 4 nitrogen and oxygen atoms in total. The van der Waals surface area contributed by atoms with Crippen LogP contribution in [0.2, 0.25) is 0 Å². The molecule has 1 aliphatic heterocycles. The van der Waals surface area contributed by atoms with Crippen molar-refractivity contribution in [3.63, 3.8) is 0 Å². The SMILES string of the molecule is CCn1c(CCC2CCN(Cc3ccc(C(C)(F)F)cc3)CCC2C)cnc1-c1cc(C)ccn1. The van der Waals surface area contributed by atoms with Crippen molar-refractivity contribution in [2.45, 2.75) is 72.4 Å². The number of hydrogen-bond acceptors (Lipinski definition) is 3. The minimum absolute atomic E-state index is 0.0819. The van der Waals surface area contributed by atoms with Crippen LogP contribution in [0, 0.1) is 18.8 Å². The summed E-state index contributed by atoms with van der Waals surface area (Å²) in [6, 6.07) is 10.9. The Balaban J connectivity index is 1.35. The van der Waals surface area contributed by atoms with Gasteiger partial charge in [0.05, 0.1) is 0 Å². The van der Waals surface area contributed by atoms with Crippen molar-refractivity contribution in [1.29, 1.82) is 0 Å². The summed E-state index contributed by atoms with van der Waals surface area (Å²) >= 11 is 0. The van der Waals surface area contributed by atoms with E-state index in [0.717, 1.165) is 63.0 Å².